The highest BCUT2D eigenvalue weighted by molar-refractivity contribution is 5.91. The molecule has 1 atom stereocenters. The van der Waals surface area contributed by atoms with Crippen LogP contribution in [0.1, 0.15) is 30.3 Å². The first-order valence-corrected chi connectivity index (χ1v) is 10.3. The van der Waals surface area contributed by atoms with Gasteiger partial charge in [-0.1, -0.05) is 5.16 Å². The number of benzene rings is 1. The van der Waals surface area contributed by atoms with Crippen molar-refractivity contribution in [2.24, 2.45) is 0 Å². The summed E-state index contributed by atoms with van der Waals surface area (Å²) in [5, 5.41) is 6.14. The van der Waals surface area contributed by atoms with Gasteiger partial charge in [-0.15, -0.1) is 0 Å². The third-order valence-corrected chi connectivity index (χ3v) is 5.35. The molecule has 1 N–H and O–H groups in total. The minimum Gasteiger partial charge on any atom is -0.487 e. The third-order valence-electron chi connectivity index (χ3n) is 5.35. The van der Waals surface area contributed by atoms with Crippen molar-refractivity contribution in [2.45, 2.75) is 32.0 Å². The number of hydrogen-bond donors (Lipinski definition) is 1. The minimum atomic E-state index is -0.600. The van der Waals surface area contributed by atoms with Crippen LogP contribution in [0.3, 0.4) is 0 Å². The molecule has 0 unspecified atom stereocenters. The van der Waals surface area contributed by atoms with Crippen molar-refractivity contribution in [3.05, 3.63) is 42.0 Å². The summed E-state index contributed by atoms with van der Waals surface area (Å²) in [5.74, 6) is -0.784. The maximum atomic E-state index is 14.7. The van der Waals surface area contributed by atoms with Crippen molar-refractivity contribution in [3.63, 3.8) is 0 Å². The van der Waals surface area contributed by atoms with Crippen LogP contribution in [0.4, 0.5) is 14.9 Å². The van der Waals surface area contributed by atoms with Crippen LogP contribution in [0, 0.1) is 5.82 Å². The van der Waals surface area contributed by atoms with E-state index in [4.69, 9.17) is 14.0 Å². The molecule has 0 spiro atoms. The van der Waals surface area contributed by atoms with Gasteiger partial charge in [0.05, 0.1) is 25.0 Å². The smallest absolute Gasteiger partial charge is 0.414 e. The lowest BCUT2D eigenvalue weighted by Gasteiger charge is -2.31. The van der Waals surface area contributed by atoms with Gasteiger partial charge in [-0.25, -0.2) is 9.18 Å². The molecule has 1 aromatic carbocycles. The number of anilines is 1. The summed E-state index contributed by atoms with van der Waals surface area (Å²) in [7, 11) is 0. The Morgan fingerprint density at radius 1 is 1.28 bits per heavy atom. The van der Waals surface area contributed by atoms with Gasteiger partial charge < -0.3 is 24.2 Å². The Balaban J connectivity index is 1.32. The van der Waals surface area contributed by atoms with Crippen LogP contribution in [0.15, 0.2) is 35.0 Å². The van der Waals surface area contributed by atoms with Crippen LogP contribution in [0.2, 0.25) is 0 Å². The lowest BCUT2D eigenvalue weighted by atomic mass is 10.1. The quantitative estimate of drug-likeness (QED) is 0.721. The first-order valence-electron chi connectivity index (χ1n) is 10.3. The molecule has 1 aromatic heterocycles. The maximum absolute atomic E-state index is 14.7. The fourth-order valence-electron chi connectivity index (χ4n) is 3.69. The highest BCUT2D eigenvalue weighted by Gasteiger charge is 2.33. The predicted molar refractivity (Wildman–Crippen MR) is 109 cm³/mol. The van der Waals surface area contributed by atoms with Crippen LogP contribution in [-0.4, -0.2) is 66.4 Å². The fraction of sp³-hybridized carbons (Fsp3) is 0.429. The number of cyclic esters (lactones) is 1. The second-order valence-electron chi connectivity index (χ2n) is 7.65. The number of carbonyl (C=O) groups excluding carboxylic acids is 3. The van der Waals surface area contributed by atoms with Crippen molar-refractivity contribution >= 4 is 23.6 Å². The molecule has 2 fully saturated rings. The van der Waals surface area contributed by atoms with Crippen molar-refractivity contribution in [3.8, 4) is 5.75 Å². The van der Waals surface area contributed by atoms with Crippen molar-refractivity contribution in [2.75, 3.05) is 31.1 Å². The van der Waals surface area contributed by atoms with Gasteiger partial charge in [0.15, 0.2) is 11.6 Å². The molecule has 2 aliphatic rings. The molecule has 0 aliphatic carbocycles. The predicted octanol–water partition coefficient (Wildman–Crippen LogP) is 1.96. The van der Waals surface area contributed by atoms with Gasteiger partial charge in [-0.2, -0.15) is 0 Å². The molecule has 170 valence electrons. The molecule has 2 aromatic rings. The SMILES string of the molecule is CC(=O)NC[C@H]1CN(c2ccc(OC3CCN(C(=O)c4ccno4)CC3)c(F)c2)C(=O)O1. The average Bonchev–Trinajstić information content (AvgIpc) is 3.44. The zero-order valence-electron chi connectivity index (χ0n) is 17.5. The Kier molecular flexibility index (Phi) is 6.24. The van der Waals surface area contributed by atoms with E-state index in [0.717, 1.165) is 0 Å². The molecule has 0 saturated carbocycles. The van der Waals surface area contributed by atoms with Gasteiger partial charge in [0, 0.05) is 45.0 Å². The Hall–Kier alpha value is -3.63. The van der Waals surface area contributed by atoms with E-state index in [9.17, 15) is 18.8 Å². The van der Waals surface area contributed by atoms with Crippen LogP contribution in [0.5, 0.6) is 5.75 Å². The van der Waals surface area contributed by atoms with E-state index in [1.165, 1.54) is 36.2 Å². The summed E-state index contributed by atoms with van der Waals surface area (Å²) in [6.07, 6.45) is 1.16. The Morgan fingerprint density at radius 3 is 2.72 bits per heavy atom. The summed E-state index contributed by atoms with van der Waals surface area (Å²) in [6.45, 7) is 2.69. The van der Waals surface area contributed by atoms with E-state index in [2.05, 4.69) is 10.5 Å². The molecule has 0 bridgehead atoms. The second-order valence-corrected chi connectivity index (χ2v) is 7.65. The molecular formula is C21H23FN4O6. The molecule has 2 aliphatic heterocycles. The van der Waals surface area contributed by atoms with Gasteiger partial charge in [0.2, 0.25) is 11.7 Å². The van der Waals surface area contributed by atoms with Gasteiger partial charge in [0.1, 0.15) is 12.2 Å². The van der Waals surface area contributed by atoms with Gasteiger partial charge in [-0.3, -0.25) is 14.5 Å². The Morgan fingerprint density at radius 2 is 2.06 bits per heavy atom. The van der Waals surface area contributed by atoms with E-state index in [-0.39, 0.29) is 42.5 Å². The monoisotopic (exact) mass is 446 g/mol. The number of carbonyl (C=O) groups is 3. The Labute approximate surface area is 183 Å². The number of nitrogens with zero attached hydrogens (tertiary/aromatic N) is 3. The number of nitrogens with one attached hydrogen (secondary N) is 1. The van der Waals surface area contributed by atoms with Gasteiger partial charge >= 0.3 is 6.09 Å². The van der Waals surface area contributed by atoms with Crippen LogP contribution < -0.4 is 15.0 Å². The van der Waals surface area contributed by atoms with Crippen molar-refractivity contribution < 1.29 is 32.8 Å². The van der Waals surface area contributed by atoms with E-state index < -0.39 is 18.0 Å². The van der Waals surface area contributed by atoms with Crippen molar-refractivity contribution in [1.29, 1.82) is 0 Å². The van der Waals surface area contributed by atoms with Crippen LogP contribution >= 0.6 is 0 Å². The van der Waals surface area contributed by atoms with E-state index in [0.29, 0.717) is 31.6 Å². The Bertz CT molecular complexity index is 990. The zero-order chi connectivity index (χ0) is 22.7. The second kappa shape index (κ2) is 9.25. The maximum Gasteiger partial charge on any atom is 0.414 e. The van der Waals surface area contributed by atoms with Gasteiger partial charge in [-0.05, 0) is 12.1 Å². The van der Waals surface area contributed by atoms with Gasteiger partial charge in [0.25, 0.3) is 5.91 Å². The summed E-state index contributed by atoms with van der Waals surface area (Å²) < 4.78 is 30.6. The summed E-state index contributed by atoms with van der Waals surface area (Å²) in [4.78, 5) is 38.4. The zero-order valence-corrected chi connectivity index (χ0v) is 17.5. The molecule has 10 nitrogen and oxygen atoms in total. The highest BCUT2D eigenvalue weighted by atomic mass is 19.1. The molecular weight excluding hydrogens is 423 g/mol. The number of amides is 3. The summed E-state index contributed by atoms with van der Waals surface area (Å²) in [5.41, 5.74) is 0.345. The largest absolute Gasteiger partial charge is 0.487 e. The molecule has 3 amide bonds. The third kappa shape index (κ3) is 4.82. The van der Waals surface area contributed by atoms with Crippen molar-refractivity contribution in [1.82, 2.24) is 15.4 Å². The first-order chi connectivity index (χ1) is 15.4. The number of hydrogen-bond acceptors (Lipinski definition) is 7. The molecule has 2 saturated heterocycles. The van der Waals surface area contributed by atoms with Crippen LogP contribution in [-0.2, 0) is 9.53 Å². The molecule has 4 rings (SSSR count). The number of rotatable bonds is 6. The van der Waals surface area contributed by atoms with E-state index in [1.807, 2.05) is 0 Å². The standard InChI is InChI=1S/C21H23FN4O6/c1-13(27)23-11-16-12-26(21(29)31-16)14-2-3-18(17(22)10-14)30-15-5-8-25(9-6-15)20(28)19-4-7-24-32-19/h2-4,7,10,15-16H,5-6,8-9,11-12H2,1H3,(H,23,27)/t16-/m0/s1. The molecule has 32 heavy (non-hydrogen) atoms. The van der Waals surface area contributed by atoms with E-state index >= 15 is 0 Å². The highest BCUT2D eigenvalue weighted by Crippen LogP contribution is 2.29. The normalized spacial score (nSPS) is 19.1. The number of aromatic nitrogens is 1. The van der Waals surface area contributed by atoms with Crippen LogP contribution in [0.25, 0.3) is 0 Å². The first kappa shape index (κ1) is 21.6. The molecule has 11 heteroatoms. The number of halogens is 1. The lowest BCUT2D eigenvalue weighted by molar-refractivity contribution is -0.119. The lowest BCUT2D eigenvalue weighted by Crippen LogP contribution is -2.41. The number of ether oxygens (including phenoxy) is 2. The average molecular weight is 446 g/mol. The number of piperidine rings is 1. The topological polar surface area (TPSA) is 114 Å². The van der Waals surface area contributed by atoms with E-state index in [1.54, 1.807) is 11.0 Å². The fourth-order valence-corrected chi connectivity index (χ4v) is 3.69. The summed E-state index contributed by atoms with van der Waals surface area (Å²) >= 11 is 0. The molecule has 3 heterocycles. The molecule has 0 radical (unpaired) electrons. The minimum absolute atomic E-state index is 0.0797. The summed E-state index contributed by atoms with van der Waals surface area (Å²) in [6, 6.07) is 5.80. The number of likely N-dealkylation sites (tertiary alicyclic amines) is 1.